The molecule has 0 radical (unpaired) electrons. The van der Waals surface area contributed by atoms with Crippen LogP contribution < -0.4 is 5.32 Å². The molecule has 0 aliphatic heterocycles. The van der Waals surface area contributed by atoms with Gasteiger partial charge in [-0.25, -0.2) is 0 Å². The summed E-state index contributed by atoms with van der Waals surface area (Å²) in [7, 11) is 0. The lowest BCUT2D eigenvalue weighted by molar-refractivity contribution is 0.0447. The maximum atomic E-state index is 5.99. The largest absolute Gasteiger partial charge is 0.377 e. The summed E-state index contributed by atoms with van der Waals surface area (Å²) >= 11 is 0. The summed E-state index contributed by atoms with van der Waals surface area (Å²) in [6.07, 6.45) is 16.0. The van der Waals surface area contributed by atoms with E-state index in [4.69, 9.17) is 4.74 Å². The number of hydrogen-bond acceptors (Lipinski definition) is 2. The van der Waals surface area contributed by atoms with Gasteiger partial charge in [0.2, 0.25) is 0 Å². The summed E-state index contributed by atoms with van der Waals surface area (Å²) in [6, 6.07) is 0. The molecule has 0 heterocycles. The van der Waals surface area contributed by atoms with Gasteiger partial charge < -0.3 is 10.1 Å². The van der Waals surface area contributed by atoms with Crippen LogP contribution in [0.4, 0.5) is 0 Å². The minimum Gasteiger partial charge on any atom is -0.377 e. The summed E-state index contributed by atoms with van der Waals surface area (Å²) in [5.74, 6) is 0.941. The van der Waals surface area contributed by atoms with E-state index in [1.165, 1.54) is 77.2 Å². The minimum absolute atomic E-state index is 0.559. The van der Waals surface area contributed by atoms with E-state index in [1.807, 2.05) is 0 Å². The highest BCUT2D eigenvalue weighted by atomic mass is 16.5. The van der Waals surface area contributed by atoms with Crippen molar-refractivity contribution in [2.75, 3.05) is 19.7 Å². The highest BCUT2D eigenvalue weighted by Crippen LogP contribution is 2.22. The van der Waals surface area contributed by atoms with Gasteiger partial charge in [-0.15, -0.1) is 0 Å². The fourth-order valence-corrected chi connectivity index (χ4v) is 3.40. The molecule has 106 valence electrons. The number of rotatable bonds is 6. The fraction of sp³-hybridized carbons (Fsp3) is 1.00. The second kappa shape index (κ2) is 8.92. The first kappa shape index (κ1) is 14.3. The maximum absolute atomic E-state index is 5.99. The van der Waals surface area contributed by atoms with Crippen LogP contribution in [0.15, 0.2) is 0 Å². The molecule has 0 aromatic rings. The molecule has 2 heteroatoms. The molecule has 0 amide bonds. The van der Waals surface area contributed by atoms with E-state index in [1.54, 1.807) is 0 Å². The van der Waals surface area contributed by atoms with Crippen molar-refractivity contribution < 1.29 is 4.74 Å². The van der Waals surface area contributed by atoms with Gasteiger partial charge in [0.25, 0.3) is 0 Å². The van der Waals surface area contributed by atoms with Crippen LogP contribution in [0.2, 0.25) is 0 Å². The predicted molar refractivity (Wildman–Crippen MR) is 76.9 cm³/mol. The first-order valence-corrected chi connectivity index (χ1v) is 8.27. The molecule has 0 atom stereocenters. The summed E-state index contributed by atoms with van der Waals surface area (Å²) in [5, 5.41) is 3.59. The Morgan fingerprint density at radius 1 is 0.778 bits per heavy atom. The third-order valence-corrected chi connectivity index (χ3v) is 4.59. The van der Waals surface area contributed by atoms with Gasteiger partial charge in [-0.1, -0.05) is 44.9 Å². The highest BCUT2D eigenvalue weighted by Gasteiger charge is 2.13. The molecule has 2 saturated carbocycles. The lowest BCUT2D eigenvalue weighted by atomic mass is 9.89. The molecule has 2 rings (SSSR count). The van der Waals surface area contributed by atoms with Crippen molar-refractivity contribution in [3.8, 4) is 0 Å². The first-order valence-electron chi connectivity index (χ1n) is 8.27. The Morgan fingerprint density at radius 3 is 2.11 bits per heavy atom. The van der Waals surface area contributed by atoms with Gasteiger partial charge >= 0.3 is 0 Å². The molecule has 18 heavy (non-hydrogen) atoms. The molecule has 0 aromatic carbocycles. The first-order chi connectivity index (χ1) is 8.95. The van der Waals surface area contributed by atoms with Crippen molar-refractivity contribution in [2.45, 2.75) is 76.7 Å². The van der Waals surface area contributed by atoms with Gasteiger partial charge in [-0.3, -0.25) is 0 Å². The van der Waals surface area contributed by atoms with Crippen LogP contribution in [0.25, 0.3) is 0 Å². The van der Waals surface area contributed by atoms with Crippen LogP contribution in [-0.2, 0) is 4.74 Å². The van der Waals surface area contributed by atoms with Crippen LogP contribution in [0, 0.1) is 5.92 Å². The zero-order valence-corrected chi connectivity index (χ0v) is 12.0. The Bertz CT molecular complexity index is 193. The second-order valence-electron chi connectivity index (χ2n) is 6.19. The molecular weight excluding hydrogens is 222 g/mol. The van der Waals surface area contributed by atoms with E-state index in [-0.39, 0.29) is 0 Å². The van der Waals surface area contributed by atoms with Crippen molar-refractivity contribution in [2.24, 2.45) is 5.92 Å². The summed E-state index contributed by atoms with van der Waals surface area (Å²) in [5.41, 5.74) is 0. The SMILES string of the molecule is C1CCC(CNCCOC2CCCCCC2)CC1. The average Bonchev–Trinajstić information content (AvgIpc) is 2.68. The van der Waals surface area contributed by atoms with Crippen LogP contribution in [0.3, 0.4) is 0 Å². The smallest absolute Gasteiger partial charge is 0.0594 e. The zero-order chi connectivity index (χ0) is 12.5. The van der Waals surface area contributed by atoms with Crippen molar-refractivity contribution >= 4 is 0 Å². The molecule has 2 aliphatic carbocycles. The van der Waals surface area contributed by atoms with E-state index in [9.17, 15) is 0 Å². The molecule has 0 unspecified atom stereocenters. The maximum Gasteiger partial charge on any atom is 0.0594 e. The van der Waals surface area contributed by atoms with Gasteiger partial charge in [-0.2, -0.15) is 0 Å². The van der Waals surface area contributed by atoms with E-state index >= 15 is 0 Å². The third kappa shape index (κ3) is 5.71. The van der Waals surface area contributed by atoms with Gasteiger partial charge in [0.05, 0.1) is 12.7 Å². The van der Waals surface area contributed by atoms with Crippen molar-refractivity contribution in [3.63, 3.8) is 0 Å². The Hall–Kier alpha value is -0.0800. The zero-order valence-electron chi connectivity index (χ0n) is 12.0. The highest BCUT2D eigenvalue weighted by molar-refractivity contribution is 4.68. The molecule has 0 bridgehead atoms. The lowest BCUT2D eigenvalue weighted by Gasteiger charge is -2.22. The topological polar surface area (TPSA) is 21.3 Å². The van der Waals surface area contributed by atoms with E-state index < -0.39 is 0 Å². The van der Waals surface area contributed by atoms with Gasteiger partial charge in [0.15, 0.2) is 0 Å². The monoisotopic (exact) mass is 253 g/mol. The molecule has 2 fully saturated rings. The van der Waals surface area contributed by atoms with Crippen LogP contribution in [0.1, 0.15) is 70.6 Å². The third-order valence-electron chi connectivity index (χ3n) is 4.59. The molecule has 2 nitrogen and oxygen atoms in total. The minimum atomic E-state index is 0.559. The van der Waals surface area contributed by atoms with E-state index in [2.05, 4.69) is 5.32 Å². The number of nitrogens with one attached hydrogen (secondary N) is 1. The average molecular weight is 253 g/mol. The Morgan fingerprint density at radius 2 is 1.39 bits per heavy atom. The second-order valence-corrected chi connectivity index (χ2v) is 6.19. The van der Waals surface area contributed by atoms with Crippen molar-refractivity contribution in [1.82, 2.24) is 5.32 Å². The normalized spacial score (nSPS) is 24.0. The van der Waals surface area contributed by atoms with Crippen molar-refractivity contribution in [3.05, 3.63) is 0 Å². The quantitative estimate of drug-likeness (QED) is 0.572. The molecule has 0 saturated heterocycles. The summed E-state index contributed by atoms with van der Waals surface area (Å²) in [6.45, 7) is 3.18. The van der Waals surface area contributed by atoms with E-state index in [0.717, 1.165) is 19.1 Å². The molecular formula is C16H31NO. The lowest BCUT2D eigenvalue weighted by Crippen LogP contribution is -2.28. The Kier molecular flexibility index (Phi) is 7.11. The van der Waals surface area contributed by atoms with E-state index in [0.29, 0.717) is 6.10 Å². The van der Waals surface area contributed by atoms with Crippen molar-refractivity contribution in [1.29, 1.82) is 0 Å². The summed E-state index contributed by atoms with van der Waals surface area (Å²) < 4.78 is 5.99. The molecule has 0 spiro atoms. The number of ether oxygens (including phenoxy) is 1. The standard InChI is InChI=1S/C16H31NO/c1-2-7-11-16(10-6-1)18-13-12-17-14-15-8-4-3-5-9-15/h15-17H,1-14H2. The van der Waals surface area contributed by atoms with Gasteiger partial charge in [0.1, 0.15) is 0 Å². The Balaban J connectivity index is 1.45. The van der Waals surface area contributed by atoms with Gasteiger partial charge in [0, 0.05) is 6.54 Å². The molecule has 0 aromatic heterocycles. The van der Waals surface area contributed by atoms with Gasteiger partial charge in [-0.05, 0) is 38.1 Å². The molecule has 2 aliphatic rings. The number of hydrogen-bond donors (Lipinski definition) is 1. The molecule has 1 N–H and O–H groups in total. The summed E-state index contributed by atoms with van der Waals surface area (Å²) in [4.78, 5) is 0. The van der Waals surface area contributed by atoms with Crippen LogP contribution in [0.5, 0.6) is 0 Å². The van der Waals surface area contributed by atoms with Crippen LogP contribution in [-0.4, -0.2) is 25.8 Å². The Labute approximate surface area is 113 Å². The van der Waals surface area contributed by atoms with Crippen LogP contribution >= 0.6 is 0 Å². The fourth-order valence-electron chi connectivity index (χ4n) is 3.40. The predicted octanol–water partition coefficient (Wildman–Crippen LogP) is 3.90.